The number of rotatable bonds is 6. The fraction of sp³-hybridized carbons (Fsp3) is 0.462. The average Bonchev–Trinajstić information content (AvgIpc) is 2.96. The summed E-state index contributed by atoms with van der Waals surface area (Å²) in [6, 6.07) is 4.38. The molecule has 0 aliphatic heterocycles. The van der Waals surface area contributed by atoms with Crippen molar-refractivity contribution in [3.63, 3.8) is 0 Å². The van der Waals surface area contributed by atoms with Crippen LogP contribution in [0.2, 0.25) is 0 Å². The molecule has 0 unspecified atom stereocenters. The molecule has 92 valence electrons. The minimum Gasteiger partial charge on any atom is -0.313 e. The van der Waals surface area contributed by atoms with Crippen molar-refractivity contribution in [2.45, 2.75) is 33.2 Å². The predicted molar refractivity (Wildman–Crippen MR) is 73.3 cm³/mol. The van der Waals surface area contributed by atoms with Crippen LogP contribution in [0.1, 0.15) is 30.7 Å². The van der Waals surface area contributed by atoms with Crippen LogP contribution < -0.4 is 5.32 Å². The lowest BCUT2D eigenvalue weighted by atomic mass is 10.2. The first-order valence-corrected chi connectivity index (χ1v) is 6.98. The van der Waals surface area contributed by atoms with Crippen molar-refractivity contribution >= 4 is 11.3 Å². The van der Waals surface area contributed by atoms with Crippen LogP contribution in [0.3, 0.4) is 0 Å². The molecule has 0 bridgehead atoms. The molecule has 0 aliphatic carbocycles. The highest BCUT2D eigenvalue weighted by Gasteiger charge is 2.09. The number of thiophene rings is 1. The first-order chi connectivity index (χ1) is 8.35. The van der Waals surface area contributed by atoms with E-state index in [4.69, 9.17) is 0 Å². The number of nitrogens with zero attached hydrogens (tertiary/aromatic N) is 1. The zero-order chi connectivity index (χ0) is 12.1. The van der Waals surface area contributed by atoms with E-state index in [1.807, 2.05) is 17.5 Å². The molecule has 4 heteroatoms. The summed E-state index contributed by atoms with van der Waals surface area (Å²) in [5.41, 5.74) is 2.42. The Bertz CT molecular complexity index is 459. The molecule has 0 saturated heterocycles. The molecule has 2 heterocycles. The highest BCUT2D eigenvalue weighted by Crippen LogP contribution is 2.29. The minimum absolute atomic E-state index is 0.888. The molecule has 0 aromatic carbocycles. The molecule has 0 fully saturated rings. The van der Waals surface area contributed by atoms with E-state index in [0.717, 1.165) is 25.9 Å². The molecule has 0 amide bonds. The maximum Gasteiger partial charge on any atom is 0.0794 e. The monoisotopic (exact) mass is 249 g/mol. The lowest BCUT2D eigenvalue weighted by Crippen LogP contribution is -2.13. The summed E-state index contributed by atoms with van der Waals surface area (Å²) < 4.78 is 0. The van der Waals surface area contributed by atoms with E-state index in [1.165, 1.54) is 21.0 Å². The van der Waals surface area contributed by atoms with Crippen LogP contribution >= 0.6 is 11.3 Å². The van der Waals surface area contributed by atoms with Crippen LogP contribution in [-0.2, 0) is 13.0 Å². The molecule has 0 saturated carbocycles. The van der Waals surface area contributed by atoms with Gasteiger partial charge >= 0.3 is 0 Å². The summed E-state index contributed by atoms with van der Waals surface area (Å²) >= 11 is 1.84. The van der Waals surface area contributed by atoms with Crippen LogP contribution in [-0.4, -0.2) is 16.7 Å². The molecule has 2 N–H and O–H groups in total. The Morgan fingerprint density at radius 1 is 1.35 bits per heavy atom. The average molecular weight is 249 g/mol. The molecule has 2 rings (SSSR count). The van der Waals surface area contributed by atoms with E-state index in [2.05, 4.69) is 41.5 Å². The SMILES string of the molecule is CCCNCc1cn[nH]c1-c1ccc(CC)s1. The van der Waals surface area contributed by atoms with E-state index in [0.29, 0.717) is 0 Å². The minimum atomic E-state index is 0.888. The smallest absolute Gasteiger partial charge is 0.0794 e. The molecule has 0 aliphatic rings. The zero-order valence-electron chi connectivity index (χ0n) is 10.4. The lowest BCUT2D eigenvalue weighted by Gasteiger charge is -2.02. The summed E-state index contributed by atoms with van der Waals surface area (Å²) in [6.07, 6.45) is 4.18. The quantitative estimate of drug-likeness (QED) is 0.772. The fourth-order valence-electron chi connectivity index (χ4n) is 1.76. The molecule has 0 spiro atoms. The summed E-state index contributed by atoms with van der Waals surface area (Å²) in [6.45, 7) is 6.30. The van der Waals surface area contributed by atoms with Gasteiger partial charge in [0, 0.05) is 17.0 Å². The van der Waals surface area contributed by atoms with Gasteiger partial charge in [0.2, 0.25) is 0 Å². The molecular weight excluding hydrogens is 230 g/mol. The normalized spacial score (nSPS) is 10.9. The summed E-state index contributed by atoms with van der Waals surface area (Å²) in [7, 11) is 0. The van der Waals surface area contributed by atoms with Gasteiger partial charge in [-0.1, -0.05) is 13.8 Å². The van der Waals surface area contributed by atoms with E-state index in [1.54, 1.807) is 0 Å². The van der Waals surface area contributed by atoms with Crippen molar-refractivity contribution in [3.8, 4) is 10.6 Å². The molecule has 0 radical (unpaired) electrons. The van der Waals surface area contributed by atoms with Gasteiger partial charge in [0.05, 0.1) is 16.8 Å². The van der Waals surface area contributed by atoms with Gasteiger partial charge in [0.1, 0.15) is 0 Å². The third kappa shape index (κ3) is 2.96. The number of aromatic nitrogens is 2. The number of H-pyrrole nitrogens is 1. The van der Waals surface area contributed by atoms with Gasteiger partial charge < -0.3 is 5.32 Å². The first-order valence-electron chi connectivity index (χ1n) is 6.17. The third-order valence-corrected chi connectivity index (χ3v) is 3.96. The zero-order valence-corrected chi connectivity index (χ0v) is 11.2. The largest absolute Gasteiger partial charge is 0.313 e. The van der Waals surface area contributed by atoms with Crippen molar-refractivity contribution in [2.24, 2.45) is 0 Å². The fourth-order valence-corrected chi connectivity index (χ4v) is 2.74. The number of hydrogen-bond donors (Lipinski definition) is 2. The highest BCUT2D eigenvalue weighted by molar-refractivity contribution is 7.15. The van der Waals surface area contributed by atoms with Gasteiger partial charge in [-0.15, -0.1) is 11.3 Å². The topological polar surface area (TPSA) is 40.7 Å². The Morgan fingerprint density at radius 3 is 2.94 bits per heavy atom. The number of aromatic amines is 1. The second kappa shape index (κ2) is 5.98. The van der Waals surface area contributed by atoms with E-state index in [9.17, 15) is 0 Å². The Hall–Kier alpha value is -1.13. The van der Waals surface area contributed by atoms with Crippen LogP contribution in [0.4, 0.5) is 0 Å². The molecule has 2 aromatic heterocycles. The van der Waals surface area contributed by atoms with Crippen LogP contribution in [0.5, 0.6) is 0 Å². The van der Waals surface area contributed by atoms with Crippen LogP contribution in [0.25, 0.3) is 10.6 Å². The van der Waals surface area contributed by atoms with Crippen molar-refractivity contribution in [1.29, 1.82) is 0 Å². The summed E-state index contributed by atoms with van der Waals surface area (Å²) in [5.74, 6) is 0. The Kier molecular flexibility index (Phi) is 4.34. The van der Waals surface area contributed by atoms with Crippen molar-refractivity contribution < 1.29 is 0 Å². The first kappa shape index (κ1) is 12.3. The van der Waals surface area contributed by atoms with Crippen LogP contribution in [0, 0.1) is 0 Å². The van der Waals surface area contributed by atoms with E-state index < -0.39 is 0 Å². The molecule has 2 aromatic rings. The highest BCUT2D eigenvalue weighted by atomic mass is 32.1. The molecule has 17 heavy (non-hydrogen) atoms. The Morgan fingerprint density at radius 2 is 2.24 bits per heavy atom. The predicted octanol–water partition coefficient (Wildman–Crippen LogP) is 3.20. The standard InChI is InChI=1S/C13H19N3S/c1-3-7-14-8-10-9-15-16-13(10)12-6-5-11(4-2)17-12/h5-6,9,14H,3-4,7-8H2,1-2H3,(H,15,16). The second-order valence-corrected chi connectivity index (χ2v) is 5.23. The number of aryl methyl sites for hydroxylation is 1. The lowest BCUT2D eigenvalue weighted by molar-refractivity contribution is 0.676. The van der Waals surface area contributed by atoms with Gasteiger partial charge in [0.15, 0.2) is 0 Å². The molecule has 0 atom stereocenters. The Labute approximate surface area is 106 Å². The number of hydrogen-bond acceptors (Lipinski definition) is 3. The maximum absolute atomic E-state index is 4.15. The van der Waals surface area contributed by atoms with E-state index >= 15 is 0 Å². The van der Waals surface area contributed by atoms with Gasteiger partial charge in [-0.25, -0.2) is 0 Å². The van der Waals surface area contributed by atoms with Gasteiger partial charge in [0.25, 0.3) is 0 Å². The second-order valence-electron chi connectivity index (χ2n) is 4.07. The van der Waals surface area contributed by atoms with Crippen molar-refractivity contribution in [2.75, 3.05) is 6.54 Å². The Balaban J connectivity index is 2.12. The van der Waals surface area contributed by atoms with E-state index in [-0.39, 0.29) is 0 Å². The van der Waals surface area contributed by atoms with Crippen molar-refractivity contribution in [3.05, 3.63) is 28.8 Å². The van der Waals surface area contributed by atoms with Crippen LogP contribution in [0.15, 0.2) is 18.3 Å². The molecular formula is C13H19N3S. The third-order valence-electron chi connectivity index (χ3n) is 2.72. The maximum atomic E-state index is 4.15. The van der Waals surface area contributed by atoms with Crippen molar-refractivity contribution in [1.82, 2.24) is 15.5 Å². The van der Waals surface area contributed by atoms with Gasteiger partial charge in [-0.2, -0.15) is 5.10 Å². The molecule has 3 nitrogen and oxygen atoms in total. The van der Waals surface area contributed by atoms with Gasteiger partial charge in [-0.05, 0) is 31.5 Å². The van der Waals surface area contributed by atoms with Gasteiger partial charge in [-0.3, -0.25) is 5.10 Å². The number of nitrogens with one attached hydrogen (secondary N) is 2. The summed E-state index contributed by atoms with van der Waals surface area (Å²) in [4.78, 5) is 2.70. The summed E-state index contributed by atoms with van der Waals surface area (Å²) in [5, 5.41) is 10.7.